The molecule has 3 nitrogen and oxygen atoms in total. The number of anilines is 1. The Morgan fingerprint density at radius 1 is 1.47 bits per heavy atom. The minimum absolute atomic E-state index is 0.146. The molecule has 0 saturated carbocycles. The molecule has 5 heteroatoms. The predicted molar refractivity (Wildman–Crippen MR) is 83.0 cm³/mol. The zero-order chi connectivity index (χ0) is 14.0. The van der Waals surface area contributed by atoms with E-state index < -0.39 is 0 Å². The van der Waals surface area contributed by atoms with E-state index >= 15 is 0 Å². The zero-order valence-electron chi connectivity index (χ0n) is 10.8. The van der Waals surface area contributed by atoms with E-state index in [2.05, 4.69) is 5.32 Å². The maximum Gasteiger partial charge on any atom is 0.263 e. The molecule has 2 rings (SSSR count). The van der Waals surface area contributed by atoms with Crippen molar-refractivity contribution in [2.45, 2.75) is 13.8 Å². The first kappa shape index (κ1) is 13.9. The van der Waals surface area contributed by atoms with Crippen LogP contribution in [0, 0.1) is 0 Å². The van der Waals surface area contributed by atoms with Gasteiger partial charge in [0.1, 0.15) is 4.88 Å². The summed E-state index contributed by atoms with van der Waals surface area (Å²) in [5, 5.41) is 4.29. The lowest BCUT2D eigenvalue weighted by atomic mass is 10.2. The van der Waals surface area contributed by atoms with Crippen LogP contribution >= 0.6 is 22.9 Å². The summed E-state index contributed by atoms with van der Waals surface area (Å²) in [5.74, 6) is -0.146. The maximum atomic E-state index is 12.1. The lowest BCUT2D eigenvalue weighted by molar-refractivity contribution is 0.0963. The third-order valence-electron chi connectivity index (χ3n) is 2.67. The first-order chi connectivity index (χ1) is 8.99. The fourth-order valence-electron chi connectivity index (χ4n) is 1.69. The topological polar surface area (TPSA) is 55.1 Å². The van der Waals surface area contributed by atoms with Crippen LogP contribution in [0.25, 0.3) is 10.1 Å². The van der Waals surface area contributed by atoms with Crippen molar-refractivity contribution in [3.05, 3.63) is 39.7 Å². The lowest BCUT2D eigenvalue weighted by Crippen LogP contribution is -2.23. The molecule has 1 amide bonds. The number of carbonyl (C=O) groups is 1. The van der Waals surface area contributed by atoms with E-state index in [1.807, 2.05) is 26.0 Å². The van der Waals surface area contributed by atoms with E-state index in [4.69, 9.17) is 17.3 Å². The van der Waals surface area contributed by atoms with Crippen molar-refractivity contribution >= 4 is 44.6 Å². The van der Waals surface area contributed by atoms with Crippen molar-refractivity contribution in [3.8, 4) is 0 Å². The number of halogens is 1. The summed E-state index contributed by atoms with van der Waals surface area (Å²) >= 11 is 7.32. The number of allylic oxidation sites excluding steroid dienone is 1. The smallest absolute Gasteiger partial charge is 0.263 e. The molecule has 0 aliphatic carbocycles. The molecule has 0 saturated heterocycles. The van der Waals surface area contributed by atoms with Gasteiger partial charge in [0.15, 0.2) is 0 Å². The molecule has 2 aromatic rings. The van der Waals surface area contributed by atoms with Crippen molar-refractivity contribution in [2.24, 2.45) is 0 Å². The summed E-state index contributed by atoms with van der Waals surface area (Å²) in [4.78, 5) is 12.6. The van der Waals surface area contributed by atoms with E-state index in [1.54, 1.807) is 12.1 Å². The fourth-order valence-corrected chi connectivity index (χ4v) is 2.88. The van der Waals surface area contributed by atoms with E-state index in [-0.39, 0.29) is 5.91 Å². The summed E-state index contributed by atoms with van der Waals surface area (Å²) in [7, 11) is 0. The normalized spacial score (nSPS) is 10.5. The predicted octanol–water partition coefficient (Wildman–Crippen LogP) is 3.83. The fraction of sp³-hybridized carbons (Fsp3) is 0.214. The zero-order valence-corrected chi connectivity index (χ0v) is 12.4. The van der Waals surface area contributed by atoms with Gasteiger partial charge < -0.3 is 11.1 Å². The highest BCUT2D eigenvalue weighted by molar-refractivity contribution is 7.21. The Labute approximate surface area is 121 Å². The Morgan fingerprint density at radius 3 is 2.89 bits per heavy atom. The molecule has 1 aromatic carbocycles. The van der Waals surface area contributed by atoms with E-state index in [1.165, 1.54) is 11.3 Å². The van der Waals surface area contributed by atoms with Crippen LogP contribution in [0.3, 0.4) is 0 Å². The summed E-state index contributed by atoms with van der Waals surface area (Å²) in [6.07, 6.45) is 1.96. The number of benzene rings is 1. The van der Waals surface area contributed by atoms with Crippen LogP contribution in [0.15, 0.2) is 29.8 Å². The molecule has 0 fully saturated rings. The highest BCUT2D eigenvalue weighted by Gasteiger charge is 2.15. The Bertz CT molecular complexity index is 657. The van der Waals surface area contributed by atoms with Crippen molar-refractivity contribution in [1.29, 1.82) is 0 Å². The van der Waals surface area contributed by atoms with Gasteiger partial charge in [-0.2, -0.15) is 0 Å². The third kappa shape index (κ3) is 3.08. The highest BCUT2D eigenvalue weighted by Crippen LogP contribution is 2.35. The molecule has 3 N–H and O–H groups in total. The van der Waals surface area contributed by atoms with E-state index in [0.717, 1.165) is 15.7 Å². The number of hydrogen-bond donors (Lipinski definition) is 2. The molecule has 0 atom stereocenters. The number of carbonyl (C=O) groups excluding carboxylic acids is 1. The summed E-state index contributed by atoms with van der Waals surface area (Å²) in [6.45, 7) is 4.49. The molecule has 0 aliphatic rings. The molecule has 0 unspecified atom stereocenters. The van der Waals surface area contributed by atoms with Gasteiger partial charge in [-0.3, -0.25) is 4.79 Å². The molecular weight excluding hydrogens is 280 g/mol. The van der Waals surface area contributed by atoms with Crippen molar-refractivity contribution in [3.63, 3.8) is 0 Å². The summed E-state index contributed by atoms with van der Waals surface area (Å²) in [6, 6.07) is 5.46. The van der Waals surface area contributed by atoms with E-state index in [9.17, 15) is 4.79 Å². The van der Waals surface area contributed by atoms with Gasteiger partial charge in [-0.15, -0.1) is 11.3 Å². The van der Waals surface area contributed by atoms with Crippen LogP contribution in [0.5, 0.6) is 0 Å². The second-order valence-corrected chi connectivity index (χ2v) is 5.97. The Hall–Kier alpha value is -1.52. The first-order valence-corrected chi connectivity index (χ1v) is 7.07. The average molecular weight is 295 g/mol. The van der Waals surface area contributed by atoms with Crippen LogP contribution in [-0.2, 0) is 0 Å². The number of hydrogen-bond acceptors (Lipinski definition) is 3. The molecule has 0 radical (unpaired) electrons. The number of nitrogens with two attached hydrogens (primary N) is 1. The maximum absolute atomic E-state index is 12.1. The Kier molecular flexibility index (Phi) is 4.12. The number of fused-ring (bicyclic) bond motifs is 1. The minimum atomic E-state index is -0.146. The van der Waals surface area contributed by atoms with Gasteiger partial charge in [0.2, 0.25) is 0 Å². The van der Waals surface area contributed by atoms with Gasteiger partial charge in [0.05, 0.1) is 5.69 Å². The number of thiophene rings is 1. The number of nitrogen functional groups attached to an aromatic ring is 1. The van der Waals surface area contributed by atoms with Gasteiger partial charge in [0.25, 0.3) is 5.91 Å². The van der Waals surface area contributed by atoms with Crippen molar-refractivity contribution in [2.75, 3.05) is 12.3 Å². The molecule has 0 bridgehead atoms. The number of nitrogens with one attached hydrogen (secondary N) is 1. The van der Waals surface area contributed by atoms with Gasteiger partial charge in [-0.1, -0.05) is 23.3 Å². The quantitative estimate of drug-likeness (QED) is 0.845. The standard InChI is InChI=1S/C14H15ClN2OS/c1-8(2)5-6-17-14(18)13-12(16)10-7-9(15)3-4-11(10)19-13/h3-5,7H,6,16H2,1-2H3,(H,17,18). The molecule has 1 aromatic heterocycles. The molecular formula is C14H15ClN2OS. The Morgan fingerprint density at radius 2 is 2.21 bits per heavy atom. The van der Waals surface area contributed by atoms with Gasteiger partial charge >= 0.3 is 0 Å². The molecule has 0 spiro atoms. The number of amides is 1. The molecule has 1 heterocycles. The van der Waals surface area contributed by atoms with Crippen LogP contribution in [0.4, 0.5) is 5.69 Å². The van der Waals surface area contributed by atoms with Crippen LogP contribution in [-0.4, -0.2) is 12.5 Å². The van der Waals surface area contributed by atoms with Gasteiger partial charge in [-0.05, 0) is 32.0 Å². The van der Waals surface area contributed by atoms with Crippen molar-refractivity contribution < 1.29 is 4.79 Å². The third-order valence-corrected chi connectivity index (χ3v) is 4.09. The molecule has 0 aliphatic heterocycles. The van der Waals surface area contributed by atoms with Crippen LogP contribution < -0.4 is 11.1 Å². The SMILES string of the molecule is CC(C)=CCNC(=O)c1sc2ccc(Cl)cc2c1N. The van der Waals surface area contributed by atoms with Crippen LogP contribution in [0.2, 0.25) is 5.02 Å². The van der Waals surface area contributed by atoms with Crippen molar-refractivity contribution in [1.82, 2.24) is 5.32 Å². The van der Waals surface area contributed by atoms with Gasteiger partial charge in [0, 0.05) is 21.7 Å². The largest absolute Gasteiger partial charge is 0.397 e. The van der Waals surface area contributed by atoms with Gasteiger partial charge in [-0.25, -0.2) is 0 Å². The van der Waals surface area contributed by atoms with Crippen LogP contribution in [0.1, 0.15) is 23.5 Å². The second kappa shape index (κ2) is 5.63. The second-order valence-electron chi connectivity index (χ2n) is 4.48. The lowest BCUT2D eigenvalue weighted by Gasteiger charge is -2.01. The highest BCUT2D eigenvalue weighted by atomic mass is 35.5. The minimum Gasteiger partial charge on any atom is -0.397 e. The first-order valence-electron chi connectivity index (χ1n) is 5.88. The Balaban J connectivity index is 2.27. The summed E-state index contributed by atoms with van der Waals surface area (Å²) in [5.41, 5.74) is 7.68. The molecule has 100 valence electrons. The summed E-state index contributed by atoms with van der Waals surface area (Å²) < 4.78 is 0.967. The molecule has 19 heavy (non-hydrogen) atoms. The average Bonchev–Trinajstić information content (AvgIpc) is 2.66. The number of rotatable bonds is 3. The monoisotopic (exact) mass is 294 g/mol. The van der Waals surface area contributed by atoms with E-state index in [0.29, 0.717) is 22.1 Å².